The van der Waals surface area contributed by atoms with E-state index in [1.54, 1.807) is 17.2 Å². The molecule has 1 aromatic carbocycles. The summed E-state index contributed by atoms with van der Waals surface area (Å²) >= 11 is 0. The van der Waals surface area contributed by atoms with E-state index < -0.39 is 11.4 Å². The number of furan rings is 1. The lowest BCUT2D eigenvalue weighted by Crippen LogP contribution is -2.37. The van der Waals surface area contributed by atoms with Crippen LogP contribution in [0, 0.1) is 5.82 Å². The fourth-order valence-electron chi connectivity index (χ4n) is 3.10. The highest BCUT2D eigenvalue weighted by Crippen LogP contribution is 2.35. The first-order valence-electron chi connectivity index (χ1n) is 8.77. The van der Waals surface area contributed by atoms with Gasteiger partial charge in [0.1, 0.15) is 17.3 Å². The monoisotopic (exact) mass is 367 g/mol. The van der Waals surface area contributed by atoms with Gasteiger partial charge in [0.25, 0.3) is 11.5 Å². The fraction of sp³-hybridized carbons (Fsp3) is 0.250. The Morgan fingerprint density at radius 3 is 2.59 bits per heavy atom. The van der Waals surface area contributed by atoms with Crippen LogP contribution in [0.25, 0.3) is 5.69 Å². The van der Waals surface area contributed by atoms with Crippen molar-refractivity contribution in [1.29, 1.82) is 0 Å². The Morgan fingerprint density at radius 2 is 1.96 bits per heavy atom. The molecule has 1 fully saturated rings. The highest BCUT2D eigenvalue weighted by atomic mass is 19.1. The molecular weight excluding hydrogens is 349 g/mol. The molecule has 1 atom stereocenters. The number of aromatic nitrogens is 2. The number of rotatable bonds is 5. The average Bonchev–Trinajstić information content (AvgIpc) is 3.34. The summed E-state index contributed by atoms with van der Waals surface area (Å²) in [7, 11) is 0. The summed E-state index contributed by atoms with van der Waals surface area (Å²) in [5.41, 5.74) is 0.160. The number of nitrogens with zero attached hydrogens (tertiary/aromatic N) is 3. The van der Waals surface area contributed by atoms with Gasteiger partial charge in [-0.15, -0.1) is 0 Å². The number of benzene rings is 1. The number of carbonyl (C=O) groups excluding carboxylic acids is 1. The van der Waals surface area contributed by atoms with Crippen LogP contribution in [0.5, 0.6) is 0 Å². The van der Waals surface area contributed by atoms with E-state index in [-0.39, 0.29) is 23.7 Å². The van der Waals surface area contributed by atoms with Crippen LogP contribution < -0.4 is 5.56 Å². The van der Waals surface area contributed by atoms with Gasteiger partial charge in [0.15, 0.2) is 0 Å². The van der Waals surface area contributed by atoms with Crippen molar-refractivity contribution in [3.05, 3.63) is 82.4 Å². The molecule has 1 aliphatic rings. The first-order valence-corrected chi connectivity index (χ1v) is 8.77. The van der Waals surface area contributed by atoms with Gasteiger partial charge < -0.3 is 9.32 Å². The molecule has 2 heterocycles. The van der Waals surface area contributed by atoms with Crippen LogP contribution >= 0.6 is 0 Å². The van der Waals surface area contributed by atoms with Gasteiger partial charge >= 0.3 is 0 Å². The summed E-state index contributed by atoms with van der Waals surface area (Å²) in [4.78, 5) is 27.1. The highest BCUT2D eigenvalue weighted by molar-refractivity contribution is 5.92. The van der Waals surface area contributed by atoms with E-state index in [9.17, 15) is 14.0 Å². The molecule has 6 nitrogen and oxygen atoms in total. The zero-order valence-electron chi connectivity index (χ0n) is 14.7. The van der Waals surface area contributed by atoms with Crippen molar-refractivity contribution in [3.8, 4) is 5.69 Å². The lowest BCUT2D eigenvalue weighted by atomic mass is 10.2. The number of halogens is 1. The van der Waals surface area contributed by atoms with Gasteiger partial charge in [-0.3, -0.25) is 9.59 Å². The molecule has 1 amide bonds. The van der Waals surface area contributed by atoms with E-state index in [2.05, 4.69) is 5.10 Å². The normalized spacial score (nSPS) is 14.7. The third-order valence-electron chi connectivity index (χ3n) is 4.64. The SMILES string of the molecule is C[C@@H](c1ccco1)N(C(=O)c1ccc(=O)n(-c2ccc(F)cc2)n1)C1CC1. The van der Waals surface area contributed by atoms with Crippen molar-refractivity contribution in [1.82, 2.24) is 14.7 Å². The summed E-state index contributed by atoms with van der Waals surface area (Å²) < 4.78 is 19.7. The molecule has 4 rings (SSSR count). The van der Waals surface area contributed by atoms with E-state index in [4.69, 9.17) is 4.42 Å². The number of hydrogen-bond acceptors (Lipinski definition) is 4. The predicted molar refractivity (Wildman–Crippen MR) is 96.1 cm³/mol. The smallest absolute Gasteiger partial charge is 0.275 e. The quantitative estimate of drug-likeness (QED) is 0.694. The van der Waals surface area contributed by atoms with Gasteiger partial charge in [0.05, 0.1) is 18.0 Å². The van der Waals surface area contributed by atoms with Crippen LogP contribution in [-0.2, 0) is 0 Å². The second-order valence-electron chi connectivity index (χ2n) is 6.58. The molecule has 0 N–H and O–H groups in total. The van der Waals surface area contributed by atoms with Crippen molar-refractivity contribution in [2.24, 2.45) is 0 Å². The predicted octanol–water partition coefficient (Wildman–Crippen LogP) is 3.33. The Labute approximate surface area is 154 Å². The molecule has 138 valence electrons. The van der Waals surface area contributed by atoms with Crippen molar-refractivity contribution in [3.63, 3.8) is 0 Å². The number of amides is 1. The Bertz CT molecular complexity index is 1010. The number of hydrogen-bond donors (Lipinski definition) is 0. The molecule has 1 saturated carbocycles. The van der Waals surface area contributed by atoms with E-state index in [0.29, 0.717) is 11.4 Å². The summed E-state index contributed by atoms with van der Waals surface area (Å²) in [5, 5.41) is 4.23. The second kappa shape index (κ2) is 6.83. The van der Waals surface area contributed by atoms with Crippen LogP contribution in [0.2, 0.25) is 0 Å². The summed E-state index contributed by atoms with van der Waals surface area (Å²) in [6.45, 7) is 1.91. The Hall–Kier alpha value is -3.22. The number of carbonyl (C=O) groups is 1. The lowest BCUT2D eigenvalue weighted by Gasteiger charge is -2.27. The first-order chi connectivity index (χ1) is 13.0. The minimum atomic E-state index is -0.411. The molecule has 1 aliphatic carbocycles. The van der Waals surface area contributed by atoms with Crippen molar-refractivity contribution < 1.29 is 13.6 Å². The summed E-state index contributed by atoms with van der Waals surface area (Å²) in [5.74, 6) is 0.0191. The van der Waals surface area contributed by atoms with E-state index in [1.807, 2.05) is 13.0 Å². The fourth-order valence-corrected chi connectivity index (χ4v) is 3.10. The highest BCUT2D eigenvalue weighted by Gasteiger charge is 2.38. The molecule has 2 aromatic heterocycles. The van der Waals surface area contributed by atoms with Crippen LogP contribution in [0.15, 0.2) is 64.0 Å². The Morgan fingerprint density at radius 1 is 1.22 bits per heavy atom. The molecule has 3 aromatic rings. The molecular formula is C20H18FN3O3. The van der Waals surface area contributed by atoms with Crippen LogP contribution in [-0.4, -0.2) is 26.6 Å². The molecule has 0 bridgehead atoms. The molecule has 0 spiro atoms. The Balaban J connectivity index is 1.69. The van der Waals surface area contributed by atoms with Gasteiger partial charge in [-0.2, -0.15) is 9.78 Å². The molecule has 0 aliphatic heterocycles. The van der Waals surface area contributed by atoms with Gasteiger partial charge in [-0.05, 0) is 62.2 Å². The molecule has 27 heavy (non-hydrogen) atoms. The zero-order chi connectivity index (χ0) is 19.0. The first kappa shape index (κ1) is 17.2. The van der Waals surface area contributed by atoms with Gasteiger partial charge in [0, 0.05) is 12.1 Å². The standard InChI is InChI=1S/C20H18FN3O3/c1-13(18-3-2-12-27-18)23(15-8-9-15)20(26)17-10-11-19(25)24(22-17)16-6-4-14(21)5-7-16/h2-7,10-13,15H,8-9H2,1H3/t13-/m0/s1. The maximum absolute atomic E-state index is 13.2. The largest absolute Gasteiger partial charge is 0.467 e. The molecule has 0 saturated heterocycles. The van der Waals surface area contributed by atoms with E-state index in [1.165, 1.54) is 36.4 Å². The van der Waals surface area contributed by atoms with E-state index >= 15 is 0 Å². The minimum absolute atomic E-state index is 0.130. The molecule has 0 unspecified atom stereocenters. The maximum atomic E-state index is 13.2. The van der Waals surface area contributed by atoms with Crippen LogP contribution in [0.4, 0.5) is 4.39 Å². The van der Waals surface area contributed by atoms with Gasteiger partial charge in [0.2, 0.25) is 0 Å². The topological polar surface area (TPSA) is 68.3 Å². The minimum Gasteiger partial charge on any atom is -0.467 e. The van der Waals surface area contributed by atoms with Crippen molar-refractivity contribution in [2.45, 2.75) is 31.8 Å². The maximum Gasteiger partial charge on any atom is 0.275 e. The van der Waals surface area contributed by atoms with Crippen molar-refractivity contribution >= 4 is 5.91 Å². The third kappa shape index (κ3) is 3.40. The van der Waals surface area contributed by atoms with Gasteiger partial charge in [-0.1, -0.05) is 0 Å². The average molecular weight is 367 g/mol. The lowest BCUT2D eigenvalue weighted by molar-refractivity contribution is 0.0644. The van der Waals surface area contributed by atoms with Gasteiger partial charge in [-0.25, -0.2) is 4.39 Å². The third-order valence-corrected chi connectivity index (χ3v) is 4.64. The second-order valence-corrected chi connectivity index (χ2v) is 6.58. The van der Waals surface area contributed by atoms with Crippen LogP contribution in [0.1, 0.15) is 42.1 Å². The summed E-state index contributed by atoms with van der Waals surface area (Å²) in [6, 6.07) is 11.6. The molecule has 7 heteroatoms. The summed E-state index contributed by atoms with van der Waals surface area (Å²) in [6.07, 6.45) is 3.43. The van der Waals surface area contributed by atoms with E-state index in [0.717, 1.165) is 17.5 Å². The Kier molecular flexibility index (Phi) is 4.35. The van der Waals surface area contributed by atoms with Crippen LogP contribution in [0.3, 0.4) is 0 Å². The zero-order valence-corrected chi connectivity index (χ0v) is 14.7. The van der Waals surface area contributed by atoms with Crippen molar-refractivity contribution in [2.75, 3.05) is 0 Å². The molecule has 0 radical (unpaired) electrons.